The maximum Gasteiger partial charge on any atom is 0.262 e. The zero-order chi connectivity index (χ0) is 13.9. The Bertz CT molecular complexity index is 670. The molecule has 0 radical (unpaired) electrons. The molecule has 1 aromatic heterocycles. The lowest BCUT2D eigenvalue weighted by molar-refractivity contribution is 0.600. The van der Waals surface area contributed by atoms with Crippen LogP contribution >= 0.6 is 0 Å². The van der Waals surface area contributed by atoms with Gasteiger partial charge in [0.15, 0.2) is 0 Å². The number of nitrogens with one attached hydrogen (secondary N) is 1. The van der Waals surface area contributed by atoms with Crippen molar-refractivity contribution in [2.45, 2.75) is 18.4 Å². The Balaban J connectivity index is 2.40. The van der Waals surface area contributed by atoms with Gasteiger partial charge in [0.25, 0.3) is 10.0 Å². The van der Waals surface area contributed by atoms with Gasteiger partial charge in [0, 0.05) is 12.7 Å². The molecule has 19 heavy (non-hydrogen) atoms. The molecule has 0 unspecified atom stereocenters. The standard InChI is InChI=1S/C13H15N3O2S/c1-10-11(8-14)4-2-6-13(10)19(17,18)16-12-5-3-7-15-9-12/h2-7,9,16H,8,14H2,1H3. The minimum Gasteiger partial charge on any atom is -0.326 e. The first-order chi connectivity index (χ1) is 9.04. The van der Waals surface area contributed by atoms with E-state index in [0.29, 0.717) is 17.8 Å². The number of sulfonamides is 1. The Morgan fingerprint density at radius 1 is 1.26 bits per heavy atom. The number of nitrogens with two attached hydrogens (primary N) is 1. The molecule has 0 fully saturated rings. The highest BCUT2D eigenvalue weighted by Gasteiger charge is 2.18. The van der Waals surface area contributed by atoms with Crippen molar-refractivity contribution in [1.29, 1.82) is 0 Å². The second-order valence-electron chi connectivity index (χ2n) is 4.09. The van der Waals surface area contributed by atoms with Crippen LogP contribution in [0.4, 0.5) is 5.69 Å². The second kappa shape index (κ2) is 5.38. The van der Waals surface area contributed by atoms with Gasteiger partial charge in [0.1, 0.15) is 0 Å². The van der Waals surface area contributed by atoms with Crippen LogP contribution in [0.25, 0.3) is 0 Å². The van der Waals surface area contributed by atoms with Gasteiger partial charge in [-0.1, -0.05) is 12.1 Å². The van der Waals surface area contributed by atoms with E-state index >= 15 is 0 Å². The van der Waals surface area contributed by atoms with Gasteiger partial charge in [-0.15, -0.1) is 0 Å². The molecule has 3 N–H and O–H groups in total. The summed E-state index contributed by atoms with van der Waals surface area (Å²) in [5.74, 6) is 0. The molecule has 0 spiro atoms. The van der Waals surface area contributed by atoms with Crippen molar-refractivity contribution in [2.24, 2.45) is 5.73 Å². The summed E-state index contributed by atoms with van der Waals surface area (Å²) in [7, 11) is -3.62. The smallest absolute Gasteiger partial charge is 0.262 e. The van der Waals surface area contributed by atoms with Crippen molar-refractivity contribution in [3.05, 3.63) is 53.9 Å². The van der Waals surface area contributed by atoms with Crippen molar-refractivity contribution in [3.8, 4) is 0 Å². The van der Waals surface area contributed by atoms with Crippen LogP contribution in [0.15, 0.2) is 47.6 Å². The molecular formula is C13H15N3O2S. The highest BCUT2D eigenvalue weighted by Crippen LogP contribution is 2.21. The molecule has 0 amide bonds. The molecule has 5 nitrogen and oxygen atoms in total. The van der Waals surface area contributed by atoms with Gasteiger partial charge in [0.05, 0.1) is 16.8 Å². The van der Waals surface area contributed by atoms with Crippen LogP contribution in [-0.2, 0) is 16.6 Å². The summed E-state index contributed by atoms with van der Waals surface area (Å²) in [6, 6.07) is 8.38. The van der Waals surface area contributed by atoms with E-state index in [1.807, 2.05) is 6.07 Å². The first-order valence-corrected chi connectivity index (χ1v) is 7.24. The van der Waals surface area contributed by atoms with E-state index < -0.39 is 10.0 Å². The fourth-order valence-electron chi connectivity index (χ4n) is 1.81. The minimum atomic E-state index is -3.62. The van der Waals surface area contributed by atoms with Crippen LogP contribution in [0.3, 0.4) is 0 Å². The molecule has 100 valence electrons. The normalized spacial score (nSPS) is 11.3. The molecule has 1 aromatic carbocycles. The number of pyridine rings is 1. The Labute approximate surface area is 112 Å². The van der Waals surface area contributed by atoms with E-state index in [1.54, 1.807) is 37.4 Å². The van der Waals surface area contributed by atoms with Crippen LogP contribution in [0.1, 0.15) is 11.1 Å². The van der Waals surface area contributed by atoms with E-state index in [0.717, 1.165) is 5.56 Å². The first-order valence-electron chi connectivity index (χ1n) is 5.76. The highest BCUT2D eigenvalue weighted by atomic mass is 32.2. The lowest BCUT2D eigenvalue weighted by Crippen LogP contribution is -2.15. The van der Waals surface area contributed by atoms with Gasteiger partial charge in [-0.05, 0) is 36.2 Å². The molecule has 0 saturated heterocycles. The van der Waals surface area contributed by atoms with Crippen LogP contribution in [-0.4, -0.2) is 13.4 Å². The van der Waals surface area contributed by atoms with E-state index in [1.165, 1.54) is 6.20 Å². The van der Waals surface area contributed by atoms with Gasteiger partial charge in [0.2, 0.25) is 0 Å². The van der Waals surface area contributed by atoms with Crippen molar-refractivity contribution in [2.75, 3.05) is 4.72 Å². The van der Waals surface area contributed by atoms with Crippen LogP contribution < -0.4 is 10.5 Å². The summed E-state index contributed by atoms with van der Waals surface area (Å²) < 4.78 is 27.1. The largest absolute Gasteiger partial charge is 0.326 e. The Morgan fingerprint density at radius 2 is 2.05 bits per heavy atom. The van der Waals surface area contributed by atoms with Crippen LogP contribution in [0.5, 0.6) is 0 Å². The van der Waals surface area contributed by atoms with E-state index in [4.69, 9.17) is 5.73 Å². The van der Waals surface area contributed by atoms with E-state index in [2.05, 4.69) is 9.71 Å². The molecule has 0 bridgehead atoms. The van der Waals surface area contributed by atoms with Crippen molar-refractivity contribution < 1.29 is 8.42 Å². The fraction of sp³-hybridized carbons (Fsp3) is 0.154. The summed E-state index contributed by atoms with van der Waals surface area (Å²) in [5, 5.41) is 0. The van der Waals surface area contributed by atoms with Gasteiger partial charge in [-0.3, -0.25) is 9.71 Å². The zero-order valence-electron chi connectivity index (χ0n) is 10.5. The quantitative estimate of drug-likeness (QED) is 0.889. The number of aromatic nitrogens is 1. The average Bonchev–Trinajstić information content (AvgIpc) is 2.39. The van der Waals surface area contributed by atoms with E-state index in [9.17, 15) is 8.42 Å². The number of hydrogen-bond donors (Lipinski definition) is 2. The zero-order valence-corrected chi connectivity index (χ0v) is 11.3. The highest BCUT2D eigenvalue weighted by molar-refractivity contribution is 7.92. The van der Waals surface area contributed by atoms with Gasteiger partial charge < -0.3 is 5.73 Å². The molecule has 0 aliphatic carbocycles. The minimum absolute atomic E-state index is 0.235. The monoisotopic (exact) mass is 277 g/mol. The van der Waals surface area contributed by atoms with Gasteiger partial charge in [-0.2, -0.15) is 0 Å². The maximum atomic E-state index is 12.3. The number of nitrogens with zero attached hydrogens (tertiary/aromatic N) is 1. The van der Waals surface area contributed by atoms with Gasteiger partial charge >= 0.3 is 0 Å². The van der Waals surface area contributed by atoms with E-state index in [-0.39, 0.29) is 4.90 Å². The van der Waals surface area contributed by atoms with Gasteiger partial charge in [-0.25, -0.2) is 8.42 Å². The lowest BCUT2D eigenvalue weighted by Gasteiger charge is -2.12. The summed E-state index contributed by atoms with van der Waals surface area (Å²) >= 11 is 0. The Kier molecular flexibility index (Phi) is 3.82. The van der Waals surface area contributed by atoms with Crippen molar-refractivity contribution in [3.63, 3.8) is 0 Å². The number of rotatable bonds is 4. The maximum absolute atomic E-state index is 12.3. The average molecular weight is 277 g/mol. The molecule has 0 atom stereocenters. The summed E-state index contributed by atoms with van der Waals surface area (Å²) in [6.07, 6.45) is 3.04. The summed E-state index contributed by atoms with van der Waals surface area (Å²) in [5.41, 5.74) is 7.50. The van der Waals surface area contributed by atoms with Crippen molar-refractivity contribution in [1.82, 2.24) is 4.98 Å². The number of benzene rings is 1. The third kappa shape index (κ3) is 2.91. The second-order valence-corrected chi connectivity index (χ2v) is 5.74. The molecule has 0 aliphatic rings. The third-order valence-corrected chi connectivity index (χ3v) is 4.35. The predicted octanol–water partition coefficient (Wildman–Crippen LogP) is 1.65. The topological polar surface area (TPSA) is 85.1 Å². The van der Waals surface area contributed by atoms with Crippen LogP contribution in [0, 0.1) is 6.92 Å². The molecule has 2 aromatic rings. The van der Waals surface area contributed by atoms with Crippen molar-refractivity contribution >= 4 is 15.7 Å². The SMILES string of the molecule is Cc1c(CN)cccc1S(=O)(=O)Nc1cccnc1. The number of hydrogen-bond acceptors (Lipinski definition) is 4. The molecular weight excluding hydrogens is 262 g/mol. The van der Waals surface area contributed by atoms with Crippen LogP contribution in [0.2, 0.25) is 0 Å². The molecule has 0 saturated carbocycles. The fourth-order valence-corrected chi connectivity index (χ4v) is 3.14. The molecule has 1 heterocycles. The first kappa shape index (κ1) is 13.5. The molecule has 0 aliphatic heterocycles. The summed E-state index contributed by atoms with van der Waals surface area (Å²) in [4.78, 5) is 4.11. The Hall–Kier alpha value is -1.92. The predicted molar refractivity (Wildman–Crippen MR) is 74.1 cm³/mol. The third-order valence-electron chi connectivity index (χ3n) is 2.82. The number of anilines is 1. The Morgan fingerprint density at radius 3 is 2.68 bits per heavy atom. The molecule has 2 rings (SSSR count). The summed E-state index contributed by atoms with van der Waals surface area (Å²) in [6.45, 7) is 2.06. The lowest BCUT2D eigenvalue weighted by atomic mass is 10.1. The molecule has 6 heteroatoms.